The van der Waals surface area contributed by atoms with Gasteiger partial charge < -0.3 is 10.4 Å². The highest BCUT2D eigenvalue weighted by Crippen LogP contribution is 2.26. The summed E-state index contributed by atoms with van der Waals surface area (Å²) in [5.74, 6) is -0.938. The van der Waals surface area contributed by atoms with Crippen molar-refractivity contribution in [1.29, 1.82) is 0 Å². The number of hydrogen-bond donors (Lipinski definition) is 2. The summed E-state index contributed by atoms with van der Waals surface area (Å²) < 4.78 is 0. The minimum absolute atomic E-state index is 0.265. The first kappa shape index (κ1) is 22.0. The predicted octanol–water partition coefficient (Wildman–Crippen LogP) is 5.29. The van der Waals surface area contributed by atoms with E-state index in [1.165, 1.54) is 0 Å². The van der Waals surface area contributed by atoms with Gasteiger partial charge in [-0.3, -0.25) is 0 Å². The molecule has 0 radical (unpaired) electrons. The van der Waals surface area contributed by atoms with Crippen molar-refractivity contribution in [3.63, 3.8) is 0 Å². The molecule has 0 unspecified atom stereocenters. The summed E-state index contributed by atoms with van der Waals surface area (Å²) in [5, 5.41) is 22.9. The highest BCUT2D eigenvalue weighted by Gasteiger charge is 2.15. The minimum atomic E-state index is -0.938. The smallest absolute Gasteiger partial charge is 0.335 e. The summed E-state index contributed by atoms with van der Waals surface area (Å²) >= 11 is 12.6. The molecule has 0 saturated carbocycles. The Labute approximate surface area is 195 Å². The number of carboxylic acids is 1. The fraction of sp³-hybridized carbons (Fsp3) is 0.125. The average molecular weight is 467 g/mol. The van der Waals surface area contributed by atoms with Crippen LogP contribution in [-0.4, -0.2) is 26.1 Å². The number of carboxylic acid groups (broad SMARTS) is 1. The Balaban J connectivity index is 1.54. The second-order valence-electron chi connectivity index (χ2n) is 7.20. The molecule has 32 heavy (non-hydrogen) atoms. The van der Waals surface area contributed by atoms with E-state index in [1.807, 2.05) is 30.3 Å². The summed E-state index contributed by atoms with van der Waals surface area (Å²) in [5.41, 5.74) is 4.55. The van der Waals surface area contributed by atoms with Crippen molar-refractivity contribution in [3.05, 3.63) is 105 Å². The lowest BCUT2D eigenvalue weighted by atomic mass is 10.1. The minimum Gasteiger partial charge on any atom is -0.478 e. The van der Waals surface area contributed by atoms with Crippen LogP contribution in [0.25, 0.3) is 11.3 Å². The largest absolute Gasteiger partial charge is 0.478 e. The van der Waals surface area contributed by atoms with E-state index in [0.717, 1.165) is 28.1 Å². The SMILES string of the molecule is O=C(O)c1ccc(CNCc2nn(Cc3c(Cl)cccc3Cl)nc2-c2ccccc2)cc1. The van der Waals surface area contributed by atoms with Crippen LogP contribution in [-0.2, 0) is 19.6 Å². The van der Waals surface area contributed by atoms with E-state index >= 15 is 0 Å². The fourth-order valence-corrected chi connectivity index (χ4v) is 3.82. The Morgan fingerprint density at radius 1 is 0.875 bits per heavy atom. The molecule has 0 aliphatic rings. The van der Waals surface area contributed by atoms with Gasteiger partial charge in [0.05, 0.1) is 12.1 Å². The van der Waals surface area contributed by atoms with E-state index in [9.17, 15) is 4.79 Å². The number of benzene rings is 3. The van der Waals surface area contributed by atoms with E-state index in [-0.39, 0.29) is 5.56 Å². The zero-order valence-corrected chi connectivity index (χ0v) is 18.5. The summed E-state index contributed by atoms with van der Waals surface area (Å²) in [6.07, 6.45) is 0. The third kappa shape index (κ3) is 5.16. The number of aromatic carboxylic acids is 1. The van der Waals surface area contributed by atoms with E-state index in [0.29, 0.717) is 29.7 Å². The topological polar surface area (TPSA) is 80.0 Å². The maximum Gasteiger partial charge on any atom is 0.335 e. The Kier molecular flexibility index (Phi) is 6.85. The van der Waals surface area contributed by atoms with Crippen molar-refractivity contribution in [3.8, 4) is 11.3 Å². The van der Waals surface area contributed by atoms with Crippen LogP contribution in [0.2, 0.25) is 10.0 Å². The first-order valence-corrected chi connectivity index (χ1v) is 10.7. The molecule has 3 aromatic carbocycles. The molecule has 0 bridgehead atoms. The van der Waals surface area contributed by atoms with Gasteiger partial charge in [-0.1, -0.05) is 71.7 Å². The third-order valence-corrected chi connectivity index (χ3v) is 5.66. The highest BCUT2D eigenvalue weighted by molar-refractivity contribution is 6.35. The van der Waals surface area contributed by atoms with Gasteiger partial charge in [0, 0.05) is 34.3 Å². The molecular weight excluding hydrogens is 447 g/mol. The van der Waals surface area contributed by atoms with Gasteiger partial charge in [-0.2, -0.15) is 15.0 Å². The number of hydrogen-bond acceptors (Lipinski definition) is 4. The van der Waals surface area contributed by atoms with Crippen LogP contribution in [0.4, 0.5) is 0 Å². The molecule has 0 aliphatic heterocycles. The third-order valence-electron chi connectivity index (χ3n) is 4.96. The number of aromatic nitrogens is 3. The van der Waals surface area contributed by atoms with Gasteiger partial charge in [0.2, 0.25) is 0 Å². The lowest BCUT2D eigenvalue weighted by Crippen LogP contribution is -2.14. The standard InChI is InChI=1S/C24H20Cl2N4O2/c25-20-7-4-8-21(26)19(20)15-30-28-22(23(29-30)17-5-2-1-3-6-17)14-27-13-16-9-11-18(12-10-16)24(31)32/h1-12,27H,13-15H2,(H,31,32). The number of carbonyl (C=O) groups is 1. The van der Waals surface area contributed by atoms with Crippen molar-refractivity contribution in [1.82, 2.24) is 20.3 Å². The number of nitrogens with one attached hydrogen (secondary N) is 1. The second kappa shape index (κ2) is 9.96. The van der Waals surface area contributed by atoms with Crippen LogP contribution < -0.4 is 5.32 Å². The van der Waals surface area contributed by atoms with Crippen LogP contribution in [0.5, 0.6) is 0 Å². The molecule has 0 fully saturated rings. The van der Waals surface area contributed by atoms with Gasteiger partial charge in [0.25, 0.3) is 0 Å². The van der Waals surface area contributed by atoms with Crippen molar-refractivity contribution in [2.24, 2.45) is 0 Å². The Bertz CT molecular complexity index is 1200. The van der Waals surface area contributed by atoms with Gasteiger partial charge in [0.1, 0.15) is 11.4 Å². The zero-order chi connectivity index (χ0) is 22.5. The average Bonchev–Trinajstić information content (AvgIpc) is 3.20. The fourth-order valence-electron chi connectivity index (χ4n) is 3.31. The van der Waals surface area contributed by atoms with Crippen molar-refractivity contribution >= 4 is 29.2 Å². The quantitative estimate of drug-likeness (QED) is 0.368. The van der Waals surface area contributed by atoms with Gasteiger partial charge in [-0.05, 0) is 29.8 Å². The van der Waals surface area contributed by atoms with Crippen molar-refractivity contribution in [2.45, 2.75) is 19.6 Å². The predicted molar refractivity (Wildman–Crippen MR) is 125 cm³/mol. The molecule has 1 heterocycles. The second-order valence-corrected chi connectivity index (χ2v) is 8.01. The highest BCUT2D eigenvalue weighted by atomic mass is 35.5. The Hall–Kier alpha value is -3.19. The first-order chi connectivity index (χ1) is 15.5. The lowest BCUT2D eigenvalue weighted by Gasteiger charge is -2.06. The molecule has 8 heteroatoms. The van der Waals surface area contributed by atoms with Crippen LogP contribution >= 0.6 is 23.2 Å². The van der Waals surface area contributed by atoms with E-state index in [1.54, 1.807) is 47.3 Å². The molecule has 0 aliphatic carbocycles. The van der Waals surface area contributed by atoms with Crippen LogP contribution in [0.1, 0.15) is 27.2 Å². The Morgan fingerprint density at radius 3 is 2.22 bits per heavy atom. The monoisotopic (exact) mass is 466 g/mol. The molecule has 4 aromatic rings. The van der Waals surface area contributed by atoms with Crippen LogP contribution in [0.15, 0.2) is 72.8 Å². The molecular formula is C24H20Cl2N4O2. The van der Waals surface area contributed by atoms with E-state index < -0.39 is 5.97 Å². The van der Waals surface area contributed by atoms with E-state index in [4.69, 9.17) is 33.4 Å². The molecule has 0 atom stereocenters. The molecule has 0 spiro atoms. The summed E-state index contributed by atoms with van der Waals surface area (Å²) in [6.45, 7) is 1.41. The van der Waals surface area contributed by atoms with E-state index in [2.05, 4.69) is 10.4 Å². The summed E-state index contributed by atoms with van der Waals surface area (Å²) in [7, 11) is 0. The maximum absolute atomic E-state index is 11.0. The molecule has 2 N–H and O–H groups in total. The molecule has 4 rings (SSSR count). The molecule has 0 saturated heterocycles. The van der Waals surface area contributed by atoms with Crippen LogP contribution in [0.3, 0.4) is 0 Å². The molecule has 162 valence electrons. The molecule has 1 aromatic heterocycles. The zero-order valence-electron chi connectivity index (χ0n) is 17.0. The number of halogens is 2. The van der Waals surface area contributed by atoms with Gasteiger partial charge >= 0.3 is 5.97 Å². The normalized spacial score (nSPS) is 10.9. The maximum atomic E-state index is 11.0. The molecule has 0 amide bonds. The number of rotatable bonds is 8. The first-order valence-electron chi connectivity index (χ1n) is 9.96. The van der Waals surface area contributed by atoms with Gasteiger partial charge in [-0.15, -0.1) is 0 Å². The molecule has 6 nitrogen and oxygen atoms in total. The Morgan fingerprint density at radius 2 is 1.56 bits per heavy atom. The summed E-state index contributed by atoms with van der Waals surface area (Å²) in [6, 6.07) is 22.0. The van der Waals surface area contributed by atoms with Crippen molar-refractivity contribution in [2.75, 3.05) is 0 Å². The van der Waals surface area contributed by atoms with Gasteiger partial charge in [-0.25, -0.2) is 4.79 Å². The van der Waals surface area contributed by atoms with Gasteiger partial charge in [0.15, 0.2) is 0 Å². The van der Waals surface area contributed by atoms with Crippen LogP contribution in [0, 0.1) is 0 Å². The van der Waals surface area contributed by atoms with Crippen molar-refractivity contribution < 1.29 is 9.90 Å². The lowest BCUT2D eigenvalue weighted by molar-refractivity contribution is 0.0697. The number of nitrogens with zero attached hydrogens (tertiary/aromatic N) is 3. The summed E-state index contributed by atoms with van der Waals surface area (Å²) in [4.78, 5) is 12.6.